The quantitative estimate of drug-likeness (QED) is 0.0809. The molecule has 22 nitrogen and oxygen atoms in total. The number of ketones is 1. The monoisotopic (exact) mass is 1360 g/mol. The fourth-order valence-corrected chi connectivity index (χ4v) is 14.5. The van der Waals surface area contributed by atoms with E-state index in [0.717, 1.165) is 16.0 Å². The van der Waals surface area contributed by atoms with Gasteiger partial charge in [0.2, 0.25) is 53.2 Å². The van der Waals surface area contributed by atoms with Crippen LogP contribution >= 0.6 is 23.5 Å². The number of Topliss-reactive ketones (excluding diaryl/α,β-unsaturated/α-hetero) is 1. The highest BCUT2D eigenvalue weighted by molar-refractivity contribution is 7.98. The summed E-state index contributed by atoms with van der Waals surface area (Å²) < 4.78 is 45.8. The highest BCUT2D eigenvalue weighted by Gasteiger charge is 2.45. The molecule has 27 heteroatoms. The van der Waals surface area contributed by atoms with Gasteiger partial charge in [-0.1, -0.05) is 48.5 Å². The number of halogens is 3. The Labute approximate surface area is 562 Å². The van der Waals surface area contributed by atoms with E-state index in [-0.39, 0.29) is 56.6 Å². The highest BCUT2D eigenvalue weighted by Crippen LogP contribution is 2.34. The largest absolute Gasteiger partial charge is 0.508 e. The van der Waals surface area contributed by atoms with Gasteiger partial charge in [0.1, 0.15) is 65.8 Å². The number of primary amides is 1. The normalized spacial score (nSPS) is 25.3. The Morgan fingerprint density at radius 2 is 1.39 bits per heavy atom. The van der Waals surface area contributed by atoms with Gasteiger partial charge in [0, 0.05) is 84.7 Å². The maximum absolute atomic E-state index is 16.0. The van der Waals surface area contributed by atoms with Crippen LogP contribution in [-0.2, 0) is 78.7 Å². The third kappa shape index (κ3) is 18.9. The molecule has 4 aliphatic rings. The first kappa shape index (κ1) is 71.6. The molecule has 5 aromatic rings. The van der Waals surface area contributed by atoms with Crippen molar-refractivity contribution in [2.45, 2.75) is 157 Å². The van der Waals surface area contributed by atoms with Crippen LogP contribution in [0.5, 0.6) is 5.75 Å². The number of amides is 9. The van der Waals surface area contributed by atoms with Crippen LogP contribution in [0.25, 0.3) is 16.5 Å². The SMILES string of the molecule is C[C@@H]1NC(=O)[C@@H]2C[C@@H](F)CN2C(=O)[C@H](CC2=CCc3ccc(F)cc32)NC(=O)[C@H](Cc2c[nH]c3ccc(F)cc23)CC(=O)[C@@H](C)NC(=O)[C@H](CCCCN)NC(=O)CCSCc2cccc(c2)CSC[C@@H](C(N)=O)NC(=O)[C@@H]2CCCN2C(=O)[C@H](Cc2ccc(O)cc2)NC1=O. The number of carbonyl (C=O) groups is 10. The second-order valence-electron chi connectivity index (χ2n) is 25.0. The minimum absolute atomic E-state index is 0.0389. The molecule has 512 valence electrons. The maximum atomic E-state index is 16.0. The van der Waals surface area contributed by atoms with Gasteiger partial charge in [-0.15, -0.1) is 0 Å². The maximum Gasteiger partial charge on any atom is 0.246 e. The first-order chi connectivity index (χ1) is 46.0. The number of hydrogen-bond acceptors (Lipinski definition) is 14. The summed E-state index contributed by atoms with van der Waals surface area (Å²) in [6.45, 7) is 2.52. The smallest absolute Gasteiger partial charge is 0.246 e. The summed E-state index contributed by atoms with van der Waals surface area (Å²) >= 11 is 2.84. The number of phenolic OH excluding ortho intramolecular Hbond substituents is 1. The molecule has 3 aliphatic heterocycles. The Morgan fingerprint density at radius 1 is 0.698 bits per heavy atom. The summed E-state index contributed by atoms with van der Waals surface area (Å²) in [4.78, 5) is 149. The van der Waals surface area contributed by atoms with Crippen LogP contribution in [0.4, 0.5) is 13.2 Å². The van der Waals surface area contributed by atoms with Gasteiger partial charge < -0.3 is 63.3 Å². The second kappa shape index (κ2) is 33.3. The number of hydrogen-bond donors (Lipinski definition) is 10. The lowest BCUT2D eigenvalue weighted by molar-refractivity contribution is -0.143. The van der Waals surface area contributed by atoms with Gasteiger partial charge >= 0.3 is 0 Å². The van der Waals surface area contributed by atoms with Gasteiger partial charge in [-0.25, -0.2) is 13.2 Å². The number of H-pyrrole nitrogens is 1. The van der Waals surface area contributed by atoms with E-state index >= 15 is 14.0 Å². The minimum atomic E-state index is -1.79. The van der Waals surface area contributed by atoms with Crippen LogP contribution < -0.4 is 43.4 Å². The number of aromatic amines is 1. The van der Waals surface area contributed by atoms with E-state index in [1.165, 1.54) is 84.7 Å². The molecular formula is C69H82F3N11O11S2. The number of phenols is 1. The van der Waals surface area contributed by atoms with Crippen LogP contribution in [0, 0.1) is 17.6 Å². The number of nitrogens with zero attached hydrogens (tertiary/aromatic N) is 2. The van der Waals surface area contributed by atoms with Crippen LogP contribution in [-0.4, -0.2) is 164 Å². The van der Waals surface area contributed by atoms with Crippen molar-refractivity contribution in [2.75, 3.05) is 31.1 Å². The Bertz CT molecular complexity index is 3740. The molecule has 1 aromatic heterocycles. The molecule has 4 aromatic carbocycles. The molecule has 9 amide bonds. The van der Waals surface area contributed by atoms with Crippen LogP contribution in [0.15, 0.2) is 97.2 Å². The molecule has 0 radical (unpaired) electrons. The number of nitrogens with one attached hydrogen (secondary N) is 7. The summed E-state index contributed by atoms with van der Waals surface area (Å²) in [6, 6.07) is 11.1. The molecule has 0 spiro atoms. The van der Waals surface area contributed by atoms with Gasteiger partial charge in [0.15, 0.2) is 5.78 Å². The molecular weight excluding hydrogens is 1280 g/mol. The van der Waals surface area contributed by atoms with Crippen molar-refractivity contribution in [1.82, 2.24) is 46.7 Å². The Hall–Kier alpha value is -8.69. The lowest BCUT2D eigenvalue weighted by Crippen LogP contribution is -2.59. The van der Waals surface area contributed by atoms with Crippen LogP contribution in [0.2, 0.25) is 0 Å². The van der Waals surface area contributed by atoms with E-state index in [1.54, 1.807) is 30.5 Å². The van der Waals surface area contributed by atoms with Crippen molar-refractivity contribution >= 4 is 98.9 Å². The van der Waals surface area contributed by atoms with E-state index in [1.807, 2.05) is 24.3 Å². The van der Waals surface area contributed by atoms with E-state index in [0.29, 0.717) is 88.2 Å². The number of aromatic hydroxyl groups is 1. The fraction of sp³-hybridized carbons (Fsp3) is 0.449. The summed E-state index contributed by atoms with van der Waals surface area (Å²) in [6.07, 6.45) is 1.89. The van der Waals surface area contributed by atoms with Crippen molar-refractivity contribution in [3.8, 4) is 5.75 Å². The molecule has 0 unspecified atom stereocenters. The number of benzene rings is 4. The molecule has 2 saturated heterocycles. The number of unbranched alkanes of at least 4 members (excludes halogenated alkanes) is 1. The molecule has 0 saturated carbocycles. The molecule has 2 fully saturated rings. The van der Waals surface area contributed by atoms with Crippen molar-refractivity contribution in [1.29, 1.82) is 0 Å². The summed E-state index contributed by atoms with van der Waals surface area (Å²) in [5, 5.41) is 26.9. The number of carbonyl (C=O) groups excluding carboxylic acids is 10. The topological polar surface area (TPSA) is 337 Å². The minimum Gasteiger partial charge on any atom is -0.508 e. The molecule has 2 bridgehead atoms. The van der Waals surface area contributed by atoms with E-state index in [2.05, 4.69) is 36.9 Å². The Balaban J connectivity index is 1.02. The van der Waals surface area contributed by atoms with Gasteiger partial charge in [-0.3, -0.25) is 47.9 Å². The van der Waals surface area contributed by atoms with Crippen molar-refractivity contribution in [2.24, 2.45) is 17.4 Å². The van der Waals surface area contributed by atoms with Gasteiger partial charge in [0.25, 0.3) is 0 Å². The zero-order chi connectivity index (χ0) is 68.7. The fourth-order valence-electron chi connectivity index (χ4n) is 12.6. The number of fused-ring (bicyclic) bond motifs is 6. The van der Waals surface area contributed by atoms with Gasteiger partial charge in [-0.05, 0) is 147 Å². The predicted octanol–water partition coefficient (Wildman–Crippen LogP) is 4.61. The summed E-state index contributed by atoms with van der Waals surface area (Å²) in [7, 11) is 0. The Morgan fingerprint density at radius 3 is 2.14 bits per heavy atom. The molecule has 1 aliphatic carbocycles. The van der Waals surface area contributed by atoms with Gasteiger partial charge in [-0.2, -0.15) is 23.5 Å². The zero-order valence-corrected chi connectivity index (χ0v) is 55.1. The van der Waals surface area contributed by atoms with Crippen molar-refractivity contribution in [3.63, 3.8) is 0 Å². The van der Waals surface area contributed by atoms with Crippen LogP contribution in [0.3, 0.4) is 0 Å². The van der Waals surface area contributed by atoms with Crippen LogP contribution in [0.1, 0.15) is 105 Å². The molecule has 4 heterocycles. The van der Waals surface area contributed by atoms with Crippen molar-refractivity contribution < 1.29 is 66.2 Å². The van der Waals surface area contributed by atoms with E-state index in [9.17, 15) is 52.2 Å². The third-order valence-electron chi connectivity index (χ3n) is 17.8. The highest BCUT2D eigenvalue weighted by atomic mass is 32.2. The van der Waals surface area contributed by atoms with Gasteiger partial charge in [0.05, 0.1) is 12.6 Å². The summed E-state index contributed by atoms with van der Waals surface area (Å²) in [5.41, 5.74) is 16.5. The Kier molecular flexibility index (Phi) is 24.8. The lowest BCUT2D eigenvalue weighted by Gasteiger charge is -2.31. The number of aromatic nitrogens is 1. The molecule has 96 heavy (non-hydrogen) atoms. The van der Waals surface area contributed by atoms with E-state index < -0.39 is 150 Å². The average molecular weight is 1360 g/mol. The molecule has 12 N–H and O–H groups in total. The predicted molar refractivity (Wildman–Crippen MR) is 358 cm³/mol. The average Bonchev–Trinajstić information content (AvgIpc) is 1.65. The molecule has 10 atom stereocenters. The standard InChI is InChI=1S/C69H82F3N11O11S2/c1-38-60(85)29-45(27-46-33-75-53-20-17-48(71)31-52(46)53)64(89)80-56(28-44-14-13-43-15-16-47(70)30-51(43)44)69(94)83-34-49(72)32-59(83)67(92)77-39(2)63(88)79-55(26-40-11-18-50(84)19-12-40)68(93)82-23-6-10-58(82)66(91)81-57(62(74)87)37-96-36-42-8-5-7-41(25-42)35-95-24-21-61(86)78-54(65(90)76-38)9-3-4-22-73/h5,7-8,11-12,14-20,25,30-31,33,38-39,45,49,54-59,75,84H,3-4,6,9-10,13,21-24,26-29,32,34-37,73H2,1-2H3,(H2,74,87)(H,76,90)(H,77,92)(H,78,86)(H,79,88)(H,80,89)(H,81,91)/t38-,39+,45-,49-,54+,55+,56+,57+,58+,59+/m1/s1. The zero-order valence-electron chi connectivity index (χ0n) is 53.5. The number of rotatable bonds is 11. The van der Waals surface area contributed by atoms with E-state index in [4.69, 9.17) is 11.5 Å². The second-order valence-corrected chi connectivity index (χ2v) is 27.1. The number of alkyl halides is 1. The number of nitrogens with two attached hydrogens (primary N) is 2. The first-order valence-electron chi connectivity index (χ1n) is 32.3. The first-order valence-corrected chi connectivity index (χ1v) is 34.7. The summed E-state index contributed by atoms with van der Waals surface area (Å²) in [5.74, 6) is -8.65. The lowest BCUT2D eigenvalue weighted by atomic mass is 9.90. The van der Waals surface area contributed by atoms with Crippen molar-refractivity contribution in [3.05, 3.63) is 142 Å². The third-order valence-corrected chi connectivity index (χ3v) is 20.0. The molecule has 9 rings (SSSR count). The number of thioether (sulfide) groups is 2. The number of allylic oxidation sites excluding steroid dienone is 1.